The molecule has 170 valence electrons. The van der Waals surface area contributed by atoms with Crippen molar-refractivity contribution < 1.29 is 21.9 Å². The molecule has 3 rings (SSSR count). The standard InChI is InChI=1S/C20H27F2N5O3S/c1-12(2)30-19-16(21)9-14(10-23-19)18-17(22)11-24-20(26-18)25-15-5-7-27(8-6-15)31(28,29)13(3)4/h9-13,15H,5-8H2,1-4H3,(H,24,25,26). The molecule has 1 saturated heterocycles. The van der Waals surface area contributed by atoms with Crippen molar-refractivity contribution in [3.05, 3.63) is 30.1 Å². The molecule has 0 spiro atoms. The van der Waals surface area contributed by atoms with E-state index in [0.717, 1.165) is 12.3 Å². The molecular formula is C20H27F2N5O3S. The molecule has 1 aliphatic rings. The van der Waals surface area contributed by atoms with Crippen LogP contribution < -0.4 is 10.1 Å². The molecule has 1 aliphatic heterocycles. The lowest BCUT2D eigenvalue weighted by Gasteiger charge is -2.32. The van der Waals surface area contributed by atoms with Crippen LogP contribution in [0.15, 0.2) is 18.5 Å². The Labute approximate surface area is 181 Å². The van der Waals surface area contributed by atoms with Crippen molar-refractivity contribution in [2.24, 2.45) is 0 Å². The van der Waals surface area contributed by atoms with Crippen LogP contribution in [0.1, 0.15) is 40.5 Å². The van der Waals surface area contributed by atoms with E-state index in [1.54, 1.807) is 27.7 Å². The van der Waals surface area contributed by atoms with Gasteiger partial charge in [-0.3, -0.25) is 0 Å². The van der Waals surface area contributed by atoms with Crippen molar-refractivity contribution in [2.75, 3.05) is 18.4 Å². The number of sulfonamides is 1. The zero-order valence-electron chi connectivity index (χ0n) is 18.0. The monoisotopic (exact) mass is 455 g/mol. The van der Waals surface area contributed by atoms with Gasteiger partial charge < -0.3 is 10.1 Å². The number of ether oxygens (including phenoxy) is 1. The van der Waals surface area contributed by atoms with Crippen molar-refractivity contribution in [1.82, 2.24) is 19.3 Å². The molecule has 1 fully saturated rings. The average Bonchev–Trinajstić information content (AvgIpc) is 2.71. The molecule has 8 nitrogen and oxygen atoms in total. The maximum atomic E-state index is 14.3. The van der Waals surface area contributed by atoms with E-state index in [1.807, 2.05) is 0 Å². The van der Waals surface area contributed by atoms with E-state index in [0.29, 0.717) is 25.9 Å². The minimum atomic E-state index is -3.29. The first-order valence-corrected chi connectivity index (χ1v) is 11.7. The van der Waals surface area contributed by atoms with Gasteiger partial charge in [0.2, 0.25) is 16.0 Å². The quantitative estimate of drug-likeness (QED) is 0.685. The van der Waals surface area contributed by atoms with Crippen molar-refractivity contribution >= 4 is 16.0 Å². The van der Waals surface area contributed by atoms with Gasteiger partial charge in [-0.2, -0.15) is 0 Å². The highest BCUT2D eigenvalue weighted by atomic mass is 32.2. The summed E-state index contributed by atoms with van der Waals surface area (Å²) in [6.07, 6.45) is 3.20. The lowest BCUT2D eigenvalue weighted by atomic mass is 10.1. The van der Waals surface area contributed by atoms with Gasteiger partial charge in [0.05, 0.1) is 17.6 Å². The highest BCUT2D eigenvalue weighted by Crippen LogP contribution is 2.26. The second-order valence-electron chi connectivity index (χ2n) is 7.98. The van der Waals surface area contributed by atoms with Crippen LogP contribution in [-0.2, 0) is 10.0 Å². The molecule has 0 bridgehead atoms. The van der Waals surface area contributed by atoms with Crippen LogP contribution in [0.3, 0.4) is 0 Å². The molecule has 0 aromatic carbocycles. The molecular weight excluding hydrogens is 428 g/mol. The van der Waals surface area contributed by atoms with Gasteiger partial charge in [0.25, 0.3) is 5.88 Å². The number of rotatable bonds is 7. The lowest BCUT2D eigenvalue weighted by molar-refractivity contribution is 0.221. The number of nitrogens with zero attached hydrogens (tertiary/aromatic N) is 4. The van der Waals surface area contributed by atoms with E-state index in [-0.39, 0.29) is 35.2 Å². The largest absolute Gasteiger partial charge is 0.473 e. The Bertz CT molecular complexity index is 1030. The maximum Gasteiger partial charge on any atom is 0.250 e. The first kappa shape index (κ1) is 23.3. The topological polar surface area (TPSA) is 97.3 Å². The number of hydrogen-bond donors (Lipinski definition) is 1. The van der Waals surface area contributed by atoms with E-state index in [2.05, 4.69) is 20.3 Å². The lowest BCUT2D eigenvalue weighted by Crippen LogP contribution is -2.45. The Balaban J connectivity index is 1.72. The number of anilines is 1. The Morgan fingerprint density at radius 1 is 1.10 bits per heavy atom. The third-order valence-electron chi connectivity index (χ3n) is 4.92. The molecule has 2 aromatic heterocycles. The molecule has 3 heterocycles. The predicted molar refractivity (Wildman–Crippen MR) is 113 cm³/mol. The van der Waals surface area contributed by atoms with Crippen LogP contribution >= 0.6 is 0 Å². The number of piperidine rings is 1. The summed E-state index contributed by atoms with van der Waals surface area (Å²) >= 11 is 0. The highest BCUT2D eigenvalue weighted by Gasteiger charge is 2.30. The SMILES string of the molecule is CC(C)Oc1ncc(-c2nc(NC3CCN(S(=O)(=O)C(C)C)CC3)ncc2F)cc1F. The van der Waals surface area contributed by atoms with Crippen molar-refractivity contribution in [3.63, 3.8) is 0 Å². The molecule has 0 unspecified atom stereocenters. The molecule has 11 heteroatoms. The maximum absolute atomic E-state index is 14.3. The second-order valence-corrected chi connectivity index (χ2v) is 10.5. The van der Waals surface area contributed by atoms with Gasteiger partial charge in [0, 0.05) is 30.9 Å². The minimum absolute atomic E-state index is 0.0615. The summed E-state index contributed by atoms with van der Waals surface area (Å²) < 4.78 is 59.9. The van der Waals surface area contributed by atoms with E-state index in [4.69, 9.17) is 4.74 Å². The van der Waals surface area contributed by atoms with Gasteiger partial charge in [-0.25, -0.2) is 36.5 Å². The summed E-state index contributed by atoms with van der Waals surface area (Å²) in [4.78, 5) is 12.1. The van der Waals surface area contributed by atoms with E-state index in [1.165, 1.54) is 10.5 Å². The normalized spacial score (nSPS) is 16.1. The molecule has 2 aromatic rings. The molecule has 0 aliphatic carbocycles. The van der Waals surface area contributed by atoms with Gasteiger partial charge >= 0.3 is 0 Å². The smallest absolute Gasteiger partial charge is 0.250 e. The Morgan fingerprint density at radius 3 is 2.35 bits per heavy atom. The van der Waals surface area contributed by atoms with Crippen LogP contribution in [-0.4, -0.2) is 58.2 Å². The summed E-state index contributed by atoms with van der Waals surface area (Å²) in [6.45, 7) is 7.59. The number of nitrogens with one attached hydrogen (secondary N) is 1. The van der Waals surface area contributed by atoms with Gasteiger partial charge in [-0.1, -0.05) is 0 Å². The molecule has 31 heavy (non-hydrogen) atoms. The second kappa shape index (κ2) is 9.39. The van der Waals surface area contributed by atoms with Crippen LogP contribution in [0.2, 0.25) is 0 Å². The summed E-state index contributed by atoms with van der Waals surface area (Å²) in [5.74, 6) is -1.39. The molecule has 1 N–H and O–H groups in total. The summed E-state index contributed by atoms with van der Waals surface area (Å²) in [7, 11) is -3.29. The zero-order valence-corrected chi connectivity index (χ0v) is 18.8. The summed E-state index contributed by atoms with van der Waals surface area (Å²) in [6, 6.07) is 1.06. The van der Waals surface area contributed by atoms with E-state index < -0.39 is 26.9 Å². The number of halogens is 2. The number of hydrogen-bond acceptors (Lipinski definition) is 7. The fourth-order valence-electron chi connectivity index (χ4n) is 3.24. The highest BCUT2D eigenvalue weighted by molar-refractivity contribution is 7.89. The van der Waals surface area contributed by atoms with Crippen LogP contribution in [0, 0.1) is 11.6 Å². The summed E-state index contributed by atoms with van der Waals surface area (Å²) in [5, 5.41) is 2.66. The van der Waals surface area contributed by atoms with E-state index >= 15 is 0 Å². The fourth-order valence-corrected chi connectivity index (χ4v) is 4.56. The molecule has 0 atom stereocenters. The van der Waals surface area contributed by atoms with Gasteiger partial charge in [0.1, 0.15) is 5.69 Å². The Morgan fingerprint density at radius 2 is 1.77 bits per heavy atom. The molecule has 0 saturated carbocycles. The Kier molecular flexibility index (Phi) is 7.05. The van der Waals surface area contributed by atoms with E-state index in [9.17, 15) is 17.2 Å². The van der Waals surface area contributed by atoms with Crippen LogP contribution in [0.25, 0.3) is 11.3 Å². The molecule has 0 amide bonds. The van der Waals surface area contributed by atoms with Crippen molar-refractivity contribution in [3.8, 4) is 17.1 Å². The summed E-state index contributed by atoms with van der Waals surface area (Å²) in [5.41, 5.74) is 0.0780. The van der Waals surface area contributed by atoms with Crippen LogP contribution in [0.4, 0.5) is 14.7 Å². The van der Waals surface area contributed by atoms with Gasteiger partial charge in [0.15, 0.2) is 11.6 Å². The minimum Gasteiger partial charge on any atom is -0.473 e. The van der Waals surface area contributed by atoms with Gasteiger partial charge in [-0.05, 0) is 46.6 Å². The zero-order chi connectivity index (χ0) is 22.8. The van der Waals surface area contributed by atoms with Gasteiger partial charge in [-0.15, -0.1) is 0 Å². The number of pyridine rings is 1. The Hall–Kier alpha value is -2.40. The fraction of sp³-hybridized carbons (Fsp3) is 0.550. The van der Waals surface area contributed by atoms with Crippen molar-refractivity contribution in [2.45, 2.75) is 57.9 Å². The third-order valence-corrected chi connectivity index (χ3v) is 7.19. The number of aromatic nitrogens is 3. The first-order chi connectivity index (χ1) is 14.6. The predicted octanol–water partition coefficient (Wildman–Crippen LogP) is 3.22. The van der Waals surface area contributed by atoms with Crippen LogP contribution in [0.5, 0.6) is 5.88 Å². The first-order valence-electron chi connectivity index (χ1n) is 10.2. The van der Waals surface area contributed by atoms with Crippen molar-refractivity contribution in [1.29, 1.82) is 0 Å². The average molecular weight is 456 g/mol. The third kappa shape index (κ3) is 5.45. The molecule has 0 radical (unpaired) electrons.